The molecule has 2 aromatic rings. The SMILES string of the molecule is Clc1ccc(-n2nnnc2/C=C/N2CCCC2)cc1. The highest BCUT2D eigenvalue weighted by Crippen LogP contribution is 2.14. The zero-order valence-corrected chi connectivity index (χ0v) is 11.2. The highest BCUT2D eigenvalue weighted by molar-refractivity contribution is 6.30. The van der Waals surface area contributed by atoms with Gasteiger partial charge in [-0.3, -0.25) is 0 Å². The van der Waals surface area contributed by atoms with Crippen molar-refractivity contribution in [2.24, 2.45) is 0 Å². The summed E-state index contributed by atoms with van der Waals surface area (Å²) >= 11 is 5.88. The van der Waals surface area contributed by atoms with Crippen LogP contribution in [-0.4, -0.2) is 38.2 Å². The molecule has 0 amide bonds. The van der Waals surface area contributed by atoms with Gasteiger partial charge < -0.3 is 4.90 Å². The van der Waals surface area contributed by atoms with Gasteiger partial charge in [-0.1, -0.05) is 11.6 Å². The molecule has 0 radical (unpaired) electrons. The molecule has 19 heavy (non-hydrogen) atoms. The molecular weight excluding hydrogens is 262 g/mol. The molecule has 1 aliphatic rings. The van der Waals surface area contributed by atoms with Crippen LogP contribution in [0.15, 0.2) is 30.5 Å². The minimum Gasteiger partial charge on any atom is -0.377 e. The Hall–Kier alpha value is -1.88. The molecule has 98 valence electrons. The zero-order valence-electron chi connectivity index (χ0n) is 10.4. The number of tetrazole rings is 1. The predicted molar refractivity (Wildman–Crippen MR) is 74.0 cm³/mol. The van der Waals surface area contributed by atoms with Crippen LogP contribution < -0.4 is 0 Å². The molecule has 6 heteroatoms. The fraction of sp³-hybridized carbons (Fsp3) is 0.308. The van der Waals surface area contributed by atoms with Crippen molar-refractivity contribution >= 4 is 17.7 Å². The predicted octanol–water partition coefficient (Wildman–Crippen LogP) is 2.38. The smallest absolute Gasteiger partial charge is 0.181 e. The summed E-state index contributed by atoms with van der Waals surface area (Å²) in [7, 11) is 0. The van der Waals surface area contributed by atoms with Crippen LogP contribution in [0, 0.1) is 0 Å². The minimum absolute atomic E-state index is 0.700. The number of nitrogens with zero attached hydrogens (tertiary/aromatic N) is 5. The minimum atomic E-state index is 0.700. The molecule has 0 aliphatic carbocycles. The molecule has 0 unspecified atom stereocenters. The van der Waals surface area contributed by atoms with Gasteiger partial charge in [-0.25, -0.2) is 0 Å². The molecule has 1 aliphatic heterocycles. The van der Waals surface area contributed by atoms with E-state index in [1.165, 1.54) is 12.8 Å². The van der Waals surface area contributed by atoms with E-state index < -0.39 is 0 Å². The van der Waals surface area contributed by atoms with Gasteiger partial charge in [0.15, 0.2) is 5.82 Å². The lowest BCUT2D eigenvalue weighted by Crippen LogP contribution is -2.10. The van der Waals surface area contributed by atoms with Crippen LogP contribution in [0.5, 0.6) is 0 Å². The summed E-state index contributed by atoms with van der Waals surface area (Å²) in [5.41, 5.74) is 0.899. The van der Waals surface area contributed by atoms with Gasteiger partial charge in [-0.05, 0) is 47.5 Å². The first-order valence-corrected chi connectivity index (χ1v) is 6.67. The molecule has 3 rings (SSSR count). The second-order valence-electron chi connectivity index (χ2n) is 4.48. The molecular formula is C13H14ClN5. The Morgan fingerprint density at radius 3 is 2.58 bits per heavy atom. The van der Waals surface area contributed by atoms with Gasteiger partial charge in [0.2, 0.25) is 0 Å². The quantitative estimate of drug-likeness (QED) is 0.863. The summed E-state index contributed by atoms with van der Waals surface area (Å²) in [6, 6.07) is 7.44. The van der Waals surface area contributed by atoms with E-state index in [0.29, 0.717) is 10.8 Å². The van der Waals surface area contributed by atoms with E-state index in [-0.39, 0.29) is 0 Å². The standard InChI is InChI=1S/C13H14ClN5/c14-11-3-5-12(6-4-11)19-13(15-16-17-19)7-10-18-8-1-2-9-18/h3-7,10H,1-2,8-9H2/b10-7+. The molecule has 0 bridgehead atoms. The molecule has 0 N–H and O–H groups in total. The van der Waals surface area contributed by atoms with E-state index in [1.807, 2.05) is 30.3 Å². The van der Waals surface area contributed by atoms with Crippen LogP contribution in [0.2, 0.25) is 5.02 Å². The van der Waals surface area contributed by atoms with Crippen LogP contribution in [0.1, 0.15) is 18.7 Å². The van der Waals surface area contributed by atoms with Gasteiger partial charge in [0.05, 0.1) is 5.69 Å². The largest absolute Gasteiger partial charge is 0.377 e. The van der Waals surface area contributed by atoms with E-state index in [1.54, 1.807) is 4.68 Å². The van der Waals surface area contributed by atoms with Crippen molar-refractivity contribution in [3.05, 3.63) is 41.3 Å². The molecule has 1 fully saturated rings. The summed E-state index contributed by atoms with van der Waals surface area (Å²) in [5, 5.41) is 12.5. The van der Waals surface area contributed by atoms with Gasteiger partial charge >= 0.3 is 0 Å². The Bertz CT molecular complexity index is 569. The molecule has 5 nitrogen and oxygen atoms in total. The van der Waals surface area contributed by atoms with Gasteiger partial charge in [0.25, 0.3) is 0 Å². The number of hydrogen-bond donors (Lipinski definition) is 0. The average molecular weight is 276 g/mol. The van der Waals surface area contributed by atoms with Crippen molar-refractivity contribution in [1.29, 1.82) is 0 Å². The number of aromatic nitrogens is 4. The fourth-order valence-corrected chi connectivity index (χ4v) is 2.25. The van der Waals surface area contributed by atoms with Crippen molar-refractivity contribution in [2.45, 2.75) is 12.8 Å². The third-order valence-electron chi connectivity index (χ3n) is 3.14. The van der Waals surface area contributed by atoms with E-state index in [0.717, 1.165) is 18.8 Å². The number of likely N-dealkylation sites (tertiary alicyclic amines) is 1. The Kier molecular flexibility index (Phi) is 3.46. The van der Waals surface area contributed by atoms with Crippen LogP contribution in [-0.2, 0) is 0 Å². The number of rotatable bonds is 3. The number of benzene rings is 1. The fourth-order valence-electron chi connectivity index (χ4n) is 2.13. The lowest BCUT2D eigenvalue weighted by Gasteiger charge is -2.09. The highest BCUT2D eigenvalue weighted by atomic mass is 35.5. The third kappa shape index (κ3) is 2.76. The maximum atomic E-state index is 5.88. The summed E-state index contributed by atoms with van der Waals surface area (Å²) < 4.78 is 1.70. The third-order valence-corrected chi connectivity index (χ3v) is 3.39. The second kappa shape index (κ2) is 5.40. The van der Waals surface area contributed by atoms with Crippen molar-refractivity contribution in [3.8, 4) is 5.69 Å². The van der Waals surface area contributed by atoms with E-state index in [2.05, 4.69) is 26.6 Å². The monoisotopic (exact) mass is 275 g/mol. The van der Waals surface area contributed by atoms with Gasteiger partial charge in [-0.2, -0.15) is 4.68 Å². The molecule has 2 heterocycles. The number of halogens is 1. The van der Waals surface area contributed by atoms with E-state index in [9.17, 15) is 0 Å². The molecule has 0 saturated carbocycles. The average Bonchev–Trinajstić information content (AvgIpc) is 3.08. The van der Waals surface area contributed by atoms with Crippen LogP contribution in [0.4, 0.5) is 0 Å². The molecule has 0 spiro atoms. The maximum Gasteiger partial charge on any atom is 0.181 e. The highest BCUT2D eigenvalue weighted by Gasteiger charge is 2.08. The summed E-state index contributed by atoms with van der Waals surface area (Å²) in [4.78, 5) is 2.28. The first-order valence-electron chi connectivity index (χ1n) is 6.29. The van der Waals surface area contributed by atoms with Crippen LogP contribution >= 0.6 is 11.6 Å². The van der Waals surface area contributed by atoms with Crippen molar-refractivity contribution in [2.75, 3.05) is 13.1 Å². The van der Waals surface area contributed by atoms with E-state index >= 15 is 0 Å². The van der Waals surface area contributed by atoms with Crippen molar-refractivity contribution in [1.82, 2.24) is 25.1 Å². The summed E-state index contributed by atoms with van der Waals surface area (Å²) in [5.74, 6) is 0.717. The Morgan fingerprint density at radius 2 is 1.84 bits per heavy atom. The van der Waals surface area contributed by atoms with Gasteiger partial charge in [0, 0.05) is 30.4 Å². The lowest BCUT2D eigenvalue weighted by molar-refractivity contribution is 0.470. The zero-order chi connectivity index (χ0) is 13.1. The van der Waals surface area contributed by atoms with Crippen molar-refractivity contribution in [3.63, 3.8) is 0 Å². The van der Waals surface area contributed by atoms with Crippen LogP contribution in [0.25, 0.3) is 11.8 Å². The van der Waals surface area contributed by atoms with E-state index in [4.69, 9.17) is 11.6 Å². The lowest BCUT2D eigenvalue weighted by atomic mass is 10.3. The first-order chi connectivity index (χ1) is 9.33. The topological polar surface area (TPSA) is 46.8 Å². The summed E-state index contributed by atoms with van der Waals surface area (Å²) in [6.07, 6.45) is 6.52. The van der Waals surface area contributed by atoms with Gasteiger partial charge in [0.1, 0.15) is 0 Å². The second-order valence-corrected chi connectivity index (χ2v) is 4.92. The first kappa shape index (κ1) is 12.2. The van der Waals surface area contributed by atoms with Gasteiger partial charge in [-0.15, -0.1) is 5.10 Å². The molecule has 0 atom stereocenters. The Morgan fingerprint density at radius 1 is 1.11 bits per heavy atom. The molecule has 1 aromatic heterocycles. The maximum absolute atomic E-state index is 5.88. The number of hydrogen-bond acceptors (Lipinski definition) is 4. The Labute approximate surface area is 116 Å². The molecule has 1 saturated heterocycles. The normalized spacial score (nSPS) is 15.5. The Balaban J connectivity index is 1.83. The molecule has 1 aromatic carbocycles. The van der Waals surface area contributed by atoms with Crippen LogP contribution in [0.3, 0.4) is 0 Å². The van der Waals surface area contributed by atoms with Crippen molar-refractivity contribution < 1.29 is 0 Å². The summed E-state index contributed by atoms with van der Waals surface area (Å²) in [6.45, 7) is 2.22.